The number of methoxy groups -OCH3 is 1. The van der Waals surface area contributed by atoms with E-state index in [9.17, 15) is 0 Å². The van der Waals surface area contributed by atoms with Crippen LogP contribution in [0.3, 0.4) is 0 Å². The second-order valence-electron chi connectivity index (χ2n) is 6.62. The Balaban J connectivity index is 1.62. The predicted octanol–water partition coefficient (Wildman–Crippen LogP) is 2.25. The minimum atomic E-state index is 0.504. The van der Waals surface area contributed by atoms with Gasteiger partial charge in [0.1, 0.15) is 5.75 Å². The van der Waals surface area contributed by atoms with E-state index < -0.39 is 0 Å². The molecule has 1 aromatic rings. The van der Waals surface area contributed by atoms with E-state index in [2.05, 4.69) is 27.4 Å². The van der Waals surface area contributed by atoms with Gasteiger partial charge in [-0.1, -0.05) is 25.1 Å². The molecule has 0 spiro atoms. The van der Waals surface area contributed by atoms with E-state index in [1.807, 2.05) is 31.3 Å². The number of nitrogens with one attached hydrogen (secondary N) is 2. The third-order valence-corrected chi connectivity index (χ3v) is 4.68. The normalized spacial score (nSPS) is 16.5. The van der Waals surface area contributed by atoms with E-state index in [1.165, 1.54) is 38.9 Å². The van der Waals surface area contributed by atoms with Crippen LogP contribution < -0.4 is 15.4 Å². The number of benzene rings is 1. The molecule has 6 heteroatoms. The maximum atomic E-state index is 5.76. The summed E-state index contributed by atoms with van der Waals surface area (Å²) in [5.41, 5.74) is 1.07. The minimum absolute atomic E-state index is 0.504. The summed E-state index contributed by atoms with van der Waals surface area (Å²) in [7, 11) is 3.50. The van der Waals surface area contributed by atoms with Crippen molar-refractivity contribution in [2.75, 3.05) is 46.9 Å². The molecule has 1 aliphatic heterocycles. The van der Waals surface area contributed by atoms with Gasteiger partial charge in [0, 0.05) is 38.3 Å². The average molecular weight is 363 g/mol. The van der Waals surface area contributed by atoms with Gasteiger partial charge in [-0.05, 0) is 31.9 Å². The van der Waals surface area contributed by atoms with Gasteiger partial charge in [0.25, 0.3) is 0 Å². The van der Waals surface area contributed by atoms with Gasteiger partial charge >= 0.3 is 0 Å². The summed E-state index contributed by atoms with van der Waals surface area (Å²) in [6.45, 7) is 7.69. The number of ether oxygens (including phenoxy) is 2. The topological polar surface area (TPSA) is 58.1 Å². The molecule has 0 saturated carbocycles. The number of rotatable bonds is 9. The molecule has 0 radical (unpaired) electrons. The lowest BCUT2D eigenvalue weighted by atomic mass is 10.1. The first-order valence-corrected chi connectivity index (χ1v) is 9.66. The molecule has 0 bridgehead atoms. The molecule has 1 fully saturated rings. The maximum absolute atomic E-state index is 5.76. The van der Waals surface area contributed by atoms with E-state index in [0.717, 1.165) is 23.8 Å². The highest BCUT2D eigenvalue weighted by Gasteiger charge is 2.19. The van der Waals surface area contributed by atoms with Crippen molar-refractivity contribution in [1.29, 1.82) is 0 Å². The summed E-state index contributed by atoms with van der Waals surface area (Å²) in [5.74, 6) is 1.73. The third-order valence-electron chi connectivity index (χ3n) is 4.68. The Morgan fingerprint density at radius 1 is 1.27 bits per heavy atom. The lowest BCUT2D eigenvalue weighted by Gasteiger charge is -2.32. The second kappa shape index (κ2) is 11.8. The van der Waals surface area contributed by atoms with Gasteiger partial charge < -0.3 is 25.0 Å². The van der Waals surface area contributed by atoms with Gasteiger partial charge in [0.05, 0.1) is 20.3 Å². The molecule has 1 aromatic carbocycles. The summed E-state index contributed by atoms with van der Waals surface area (Å²) in [6.07, 6.45) is 3.58. The molecule has 146 valence electrons. The Bertz CT molecular complexity index is 542. The van der Waals surface area contributed by atoms with E-state index in [1.54, 1.807) is 7.11 Å². The summed E-state index contributed by atoms with van der Waals surface area (Å²) in [6, 6.07) is 8.44. The first kappa shape index (κ1) is 20.5. The number of hydrogen-bond acceptors (Lipinski definition) is 4. The first-order valence-electron chi connectivity index (χ1n) is 9.66. The molecule has 26 heavy (non-hydrogen) atoms. The number of hydrogen-bond donors (Lipinski definition) is 2. The van der Waals surface area contributed by atoms with E-state index >= 15 is 0 Å². The molecule has 0 amide bonds. The predicted molar refractivity (Wildman–Crippen MR) is 107 cm³/mol. The van der Waals surface area contributed by atoms with Crippen LogP contribution in [0.5, 0.6) is 5.75 Å². The van der Waals surface area contributed by atoms with Gasteiger partial charge in [-0.2, -0.15) is 0 Å². The molecule has 0 aromatic heterocycles. The van der Waals surface area contributed by atoms with Crippen molar-refractivity contribution in [1.82, 2.24) is 15.5 Å². The van der Waals surface area contributed by atoms with Crippen molar-refractivity contribution in [2.45, 2.75) is 38.8 Å². The van der Waals surface area contributed by atoms with Crippen molar-refractivity contribution in [3.05, 3.63) is 29.8 Å². The van der Waals surface area contributed by atoms with Crippen LogP contribution in [-0.4, -0.2) is 63.8 Å². The number of para-hydroxylation sites is 1. The smallest absolute Gasteiger partial charge is 0.191 e. The van der Waals surface area contributed by atoms with Crippen LogP contribution in [0.15, 0.2) is 29.3 Å². The Hall–Kier alpha value is -1.79. The zero-order valence-corrected chi connectivity index (χ0v) is 16.5. The fourth-order valence-corrected chi connectivity index (χ4v) is 3.25. The largest absolute Gasteiger partial charge is 0.496 e. The summed E-state index contributed by atoms with van der Waals surface area (Å²) < 4.78 is 11.1. The van der Waals surface area contributed by atoms with Crippen molar-refractivity contribution in [3.8, 4) is 5.75 Å². The van der Waals surface area contributed by atoms with Gasteiger partial charge in [0.2, 0.25) is 0 Å². The zero-order valence-electron chi connectivity index (χ0n) is 16.5. The van der Waals surface area contributed by atoms with Crippen LogP contribution in [-0.2, 0) is 11.3 Å². The van der Waals surface area contributed by atoms with Gasteiger partial charge in [-0.15, -0.1) is 0 Å². The van der Waals surface area contributed by atoms with Crippen molar-refractivity contribution >= 4 is 5.96 Å². The SMILES string of the molecule is CCCN1CCC(NC(=NC)NCCOCc2ccccc2OC)CC1. The average Bonchev–Trinajstić information content (AvgIpc) is 2.68. The number of guanidine groups is 1. The second-order valence-corrected chi connectivity index (χ2v) is 6.62. The lowest BCUT2D eigenvalue weighted by Crippen LogP contribution is -2.49. The van der Waals surface area contributed by atoms with Crippen molar-refractivity contribution < 1.29 is 9.47 Å². The molecule has 2 rings (SSSR count). The maximum Gasteiger partial charge on any atom is 0.191 e. The Labute approximate surface area is 158 Å². The molecule has 0 unspecified atom stereocenters. The summed E-state index contributed by atoms with van der Waals surface area (Å²) >= 11 is 0. The summed E-state index contributed by atoms with van der Waals surface area (Å²) in [4.78, 5) is 6.87. The highest BCUT2D eigenvalue weighted by Crippen LogP contribution is 2.17. The van der Waals surface area contributed by atoms with Crippen LogP contribution >= 0.6 is 0 Å². The third kappa shape index (κ3) is 6.84. The molecule has 6 nitrogen and oxygen atoms in total. The van der Waals surface area contributed by atoms with Gasteiger partial charge in [-0.25, -0.2) is 0 Å². The fraction of sp³-hybridized carbons (Fsp3) is 0.650. The highest BCUT2D eigenvalue weighted by molar-refractivity contribution is 5.79. The van der Waals surface area contributed by atoms with Crippen LogP contribution in [0.2, 0.25) is 0 Å². The lowest BCUT2D eigenvalue weighted by molar-refractivity contribution is 0.123. The molecular weight excluding hydrogens is 328 g/mol. The Kier molecular flexibility index (Phi) is 9.28. The van der Waals surface area contributed by atoms with Gasteiger partial charge in [-0.3, -0.25) is 4.99 Å². The Morgan fingerprint density at radius 3 is 2.73 bits per heavy atom. The number of likely N-dealkylation sites (tertiary alicyclic amines) is 1. The molecular formula is C20H34N4O2. The van der Waals surface area contributed by atoms with E-state index in [4.69, 9.17) is 9.47 Å². The number of aliphatic imine (C=N–C) groups is 1. The molecule has 1 heterocycles. The van der Waals surface area contributed by atoms with Crippen LogP contribution in [0.1, 0.15) is 31.7 Å². The highest BCUT2D eigenvalue weighted by atomic mass is 16.5. The molecule has 0 atom stereocenters. The van der Waals surface area contributed by atoms with Crippen molar-refractivity contribution in [3.63, 3.8) is 0 Å². The quantitative estimate of drug-likeness (QED) is 0.401. The molecule has 0 aliphatic carbocycles. The molecule has 2 N–H and O–H groups in total. The zero-order chi connectivity index (χ0) is 18.6. The van der Waals surface area contributed by atoms with E-state index in [-0.39, 0.29) is 0 Å². The standard InChI is InChI=1S/C20H34N4O2/c1-4-12-24-13-9-18(10-14-24)23-20(21-2)22-11-15-26-16-17-7-5-6-8-19(17)25-3/h5-8,18H,4,9-16H2,1-3H3,(H2,21,22,23). The van der Waals surface area contributed by atoms with Crippen LogP contribution in [0.4, 0.5) is 0 Å². The van der Waals surface area contributed by atoms with Gasteiger partial charge in [0.15, 0.2) is 5.96 Å². The van der Waals surface area contributed by atoms with Crippen LogP contribution in [0, 0.1) is 0 Å². The fourth-order valence-electron chi connectivity index (χ4n) is 3.25. The Morgan fingerprint density at radius 2 is 2.04 bits per heavy atom. The minimum Gasteiger partial charge on any atom is -0.496 e. The monoisotopic (exact) mass is 362 g/mol. The van der Waals surface area contributed by atoms with Crippen LogP contribution in [0.25, 0.3) is 0 Å². The number of piperidine rings is 1. The van der Waals surface area contributed by atoms with E-state index in [0.29, 0.717) is 19.3 Å². The first-order chi connectivity index (χ1) is 12.8. The molecule has 1 aliphatic rings. The summed E-state index contributed by atoms with van der Waals surface area (Å²) in [5, 5.41) is 6.87. The van der Waals surface area contributed by atoms with Crippen molar-refractivity contribution in [2.24, 2.45) is 4.99 Å². The number of nitrogens with zero attached hydrogens (tertiary/aromatic N) is 2. The molecule has 1 saturated heterocycles.